The summed E-state index contributed by atoms with van der Waals surface area (Å²) in [5, 5.41) is 11.4. The molecule has 0 bridgehead atoms. The molecule has 1 aromatic carbocycles. The standard InChI is InChI=1S/C14H18FNO3S/c1-10(14(18)19)6-8-16-13(17)7-9-20-12-4-2-11(15)3-5-12/h2-5,10H,6-9H2,1H3,(H,16,17)(H,18,19). The number of rotatable bonds is 8. The third kappa shape index (κ3) is 6.56. The van der Waals surface area contributed by atoms with E-state index in [1.165, 1.54) is 23.9 Å². The average molecular weight is 299 g/mol. The fourth-order valence-electron chi connectivity index (χ4n) is 1.43. The zero-order valence-electron chi connectivity index (χ0n) is 11.3. The van der Waals surface area contributed by atoms with Crippen LogP contribution in [0.5, 0.6) is 0 Å². The number of nitrogens with one attached hydrogen (secondary N) is 1. The molecule has 20 heavy (non-hydrogen) atoms. The molecule has 4 nitrogen and oxygen atoms in total. The monoisotopic (exact) mass is 299 g/mol. The van der Waals surface area contributed by atoms with E-state index in [1.807, 2.05) is 0 Å². The van der Waals surface area contributed by atoms with E-state index in [1.54, 1.807) is 19.1 Å². The maximum atomic E-state index is 12.7. The first-order valence-corrected chi connectivity index (χ1v) is 7.35. The molecule has 0 saturated carbocycles. The van der Waals surface area contributed by atoms with Crippen LogP contribution in [0, 0.1) is 11.7 Å². The summed E-state index contributed by atoms with van der Waals surface area (Å²) < 4.78 is 12.7. The fraction of sp³-hybridized carbons (Fsp3) is 0.429. The molecule has 110 valence electrons. The Labute approximate surface area is 121 Å². The smallest absolute Gasteiger partial charge is 0.306 e. The van der Waals surface area contributed by atoms with Gasteiger partial charge in [-0.15, -0.1) is 11.8 Å². The van der Waals surface area contributed by atoms with E-state index in [0.717, 1.165) is 4.90 Å². The fourth-order valence-corrected chi connectivity index (χ4v) is 2.28. The maximum Gasteiger partial charge on any atom is 0.306 e. The Balaban J connectivity index is 2.14. The molecule has 1 aromatic rings. The van der Waals surface area contributed by atoms with Crippen LogP contribution in [0.15, 0.2) is 29.2 Å². The third-order valence-corrected chi connectivity index (χ3v) is 3.75. The number of carbonyl (C=O) groups excluding carboxylic acids is 1. The van der Waals surface area contributed by atoms with E-state index >= 15 is 0 Å². The summed E-state index contributed by atoms with van der Waals surface area (Å²) in [4.78, 5) is 23.0. The summed E-state index contributed by atoms with van der Waals surface area (Å²) in [7, 11) is 0. The number of hydrogen-bond donors (Lipinski definition) is 2. The number of benzene rings is 1. The Hall–Kier alpha value is -1.56. The minimum absolute atomic E-state index is 0.0998. The van der Waals surface area contributed by atoms with Gasteiger partial charge in [-0.2, -0.15) is 0 Å². The minimum atomic E-state index is -0.855. The van der Waals surface area contributed by atoms with Crippen molar-refractivity contribution in [3.05, 3.63) is 30.1 Å². The van der Waals surface area contributed by atoms with E-state index in [4.69, 9.17) is 5.11 Å². The van der Waals surface area contributed by atoms with Gasteiger partial charge in [0.05, 0.1) is 5.92 Å². The highest BCUT2D eigenvalue weighted by Crippen LogP contribution is 2.18. The van der Waals surface area contributed by atoms with Gasteiger partial charge in [-0.25, -0.2) is 4.39 Å². The van der Waals surface area contributed by atoms with Gasteiger partial charge in [-0.3, -0.25) is 9.59 Å². The lowest BCUT2D eigenvalue weighted by Gasteiger charge is -2.07. The van der Waals surface area contributed by atoms with Crippen molar-refractivity contribution in [2.75, 3.05) is 12.3 Å². The minimum Gasteiger partial charge on any atom is -0.481 e. The van der Waals surface area contributed by atoms with Crippen LogP contribution in [-0.2, 0) is 9.59 Å². The van der Waals surface area contributed by atoms with Crippen molar-refractivity contribution < 1.29 is 19.1 Å². The predicted molar refractivity (Wildman–Crippen MR) is 76.2 cm³/mol. The van der Waals surface area contributed by atoms with Gasteiger partial charge in [-0.1, -0.05) is 6.92 Å². The summed E-state index contributed by atoms with van der Waals surface area (Å²) in [6.45, 7) is 1.98. The molecule has 6 heteroatoms. The Kier molecular flexibility index (Phi) is 7.08. The molecule has 0 radical (unpaired) electrons. The average Bonchev–Trinajstić information content (AvgIpc) is 2.40. The van der Waals surface area contributed by atoms with Gasteiger partial charge in [0.2, 0.25) is 5.91 Å². The lowest BCUT2D eigenvalue weighted by molar-refractivity contribution is -0.141. The number of carbonyl (C=O) groups is 2. The lowest BCUT2D eigenvalue weighted by atomic mass is 10.1. The Bertz CT molecular complexity index is 450. The van der Waals surface area contributed by atoms with Crippen molar-refractivity contribution in [2.24, 2.45) is 5.92 Å². The van der Waals surface area contributed by atoms with Crippen LogP contribution in [0.25, 0.3) is 0 Å². The van der Waals surface area contributed by atoms with Crippen molar-refractivity contribution in [3.8, 4) is 0 Å². The molecular weight excluding hydrogens is 281 g/mol. The van der Waals surface area contributed by atoms with Crippen molar-refractivity contribution in [1.29, 1.82) is 0 Å². The Morgan fingerprint density at radius 2 is 2.00 bits per heavy atom. The maximum absolute atomic E-state index is 12.7. The van der Waals surface area contributed by atoms with Crippen LogP contribution >= 0.6 is 11.8 Å². The van der Waals surface area contributed by atoms with Crippen molar-refractivity contribution in [3.63, 3.8) is 0 Å². The van der Waals surface area contributed by atoms with Crippen LogP contribution in [-0.4, -0.2) is 29.3 Å². The third-order valence-electron chi connectivity index (χ3n) is 2.73. The molecule has 2 N–H and O–H groups in total. The number of aliphatic carboxylic acids is 1. The van der Waals surface area contributed by atoms with Crippen molar-refractivity contribution in [1.82, 2.24) is 5.32 Å². The van der Waals surface area contributed by atoms with E-state index in [9.17, 15) is 14.0 Å². The van der Waals surface area contributed by atoms with Gasteiger partial charge >= 0.3 is 5.97 Å². The molecule has 0 saturated heterocycles. The van der Waals surface area contributed by atoms with Gasteiger partial charge in [0.25, 0.3) is 0 Å². The summed E-state index contributed by atoms with van der Waals surface area (Å²) in [5.41, 5.74) is 0. The molecule has 1 amide bonds. The second-order valence-corrected chi connectivity index (χ2v) is 5.60. The molecule has 0 fully saturated rings. The van der Waals surface area contributed by atoms with Gasteiger partial charge < -0.3 is 10.4 Å². The number of carboxylic acids is 1. The lowest BCUT2D eigenvalue weighted by Crippen LogP contribution is -2.27. The topological polar surface area (TPSA) is 66.4 Å². The summed E-state index contributed by atoms with van der Waals surface area (Å²) in [6, 6.07) is 6.12. The number of hydrogen-bond acceptors (Lipinski definition) is 3. The number of halogens is 1. The predicted octanol–water partition coefficient (Wildman–Crippen LogP) is 2.53. The summed E-state index contributed by atoms with van der Waals surface area (Å²) >= 11 is 1.48. The SMILES string of the molecule is CC(CCNC(=O)CCSc1ccc(F)cc1)C(=O)O. The van der Waals surface area contributed by atoms with E-state index in [0.29, 0.717) is 25.1 Å². The van der Waals surface area contributed by atoms with Crippen LogP contribution < -0.4 is 5.32 Å². The first kappa shape index (κ1) is 16.5. The molecule has 0 aliphatic carbocycles. The first-order chi connectivity index (χ1) is 9.49. The zero-order chi connectivity index (χ0) is 15.0. The molecule has 0 aromatic heterocycles. The summed E-state index contributed by atoms with van der Waals surface area (Å²) in [5.74, 6) is -1.08. The van der Waals surface area contributed by atoms with Gasteiger partial charge in [0.1, 0.15) is 5.82 Å². The van der Waals surface area contributed by atoms with E-state index in [2.05, 4.69) is 5.32 Å². The van der Waals surface area contributed by atoms with Crippen LogP contribution in [0.3, 0.4) is 0 Å². The van der Waals surface area contributed by atoms with Gasteiger partial charge in [-0.05, 0) is 30.7 Å². The second kappa shape index (κ2) is 8.58. The number of amides is 1. The zero-order valence-corrected chi connectivity index (χ0v) is 12.1. The van der Waals surface area contributed by atoms with E-state index < -0.39 is 11.9 Å². The molecule has 1 atom stereocenters. The molecule has 1 rings (SSSR count). The number of carboxylic acid groups (broad SMARTS) is 1. The highest BCUT2D eigenvalue weighted by Gasteiger charge is 2.10. The highest BCUT2D eigenvalue weighted by atomic mass is 32.2. The Morgan fingerprint density at radius 1 is 1.35 bits per heavy atom. The first-order valence-electron chi connectivity index (χ1n) is 6.37. The molecule has 0 aliphatic rings. The Morgan fingerprint density at radius 3 is 2.60 bits per heavy atom. The van der Waals surface area contributed by atoms with Gasteiger partial charge in [0.15, 0.2) is 0 Å². The van der Waals surface area contributed by atoms with Crippen LogP contribution in [0.4, 0.5) is 4.39 Å². The second-order valence-electron chi connectivity index (χ2n) is 4.43. The summed E-state index contributed by atoms with van der Waals surface area (Å²) in [6.07, 6.45) is 0.773. The molecular formula is C14H18FNO3S. The molecule has 0 heterocycles. The number of thioether (sulfide) groups is 1. The van der Waals surface area contributed by atoms with Crippen molar-refractivity contribution in [2.45, 2.75) is 24.7 Å². The molecule has 0 spiro atoms. The largest absolute Gasteiger partial charge is 0.481 e. The normalized spacial score (nSPS) is 11.9. The van der Waals surface area contributed by atoms with Gasteiger partial charge in [0, 0.05) is 23.6 Å². The van der Waals surface area contributed by atoms with E-state index in [-0.39, 0.29) is 11.7 Å². The highest BCUT2D eigenvalue weighted by molar-refractivity contribution is 7.99. The van der Waals surface area contributed by atoms with Crippen LogP contribution in [0.1, 0.15) is 19.8 Å². The quantitative estimate of drug-likeness (QED) is 0.724. The molecule has 0 aliphatic heterocycles. The van der Waals surface area contributed by atoms with Crippen LogP contribution in [0.2, 0.25) is 0 Å². The molecule has 1 unspecified atom stereocenters. The van der Waals surface area contributed by atoms with Crippen molar-refractivity contribution >= 4 is 23.6 Å².